The zero-order chi connectivity index (χ0) is 37.4. The number of halogens is 2. The van der Waals surface area contributed by atoms with Crippen LogP contribution in [0.2, 0.25) is 5.02 Å². The molecule has 0 fully saturated rings. The second-order valence-corrected chi connectivity index (χ2v) is 9.96. The van der Waals surface area contributed by atoms with E-state index in [1.807, 2.05) is 13.0 Å². The predicted octanol–water partition coefficient (Wildman–Crippen LogP) is 2.22. The molecular formula is C23H27ClFN7O17. The third kappa shape index (κ3) is 15.4. The van der Waals surface area contributed by atoms with Gasteiger partial charge in [-0.3, -0.25) is 4.79 Å². The van der Waals surface area contributed by atoms with Gasteiger partial charge in [-0.25, -0.2) is 4.39 Å². The van der Waals surface area contributed by atoms with E-state index in [0.717, 1.165) is 5.56 Å². The maximum atomic E-state index is 13.7. The van der Waals surface area contributed by atoms with Crippen molar-refractivity contribution in [3.8, 4) is 0 Å². The summed E-state index contributed by atoms with van der Waals surface area (Å²) in [6.07, 6.45) is -9.42. The van der Waals surface area contributed by atoms with E-state index in [9.17, 15) is 59.8 Å². The summed E-state index contributed by atoms with van der Waals surface area (Å²) in [5.74, 6) is -1.43. The largest absolute Gasteiger partial charge is 0.481 e. The van der Waals surface area contributed by atoms with Crippen LogP contribution < -0.4 is 5.32 Å². The minimum Gasteiger partial charge on any atom is -0.481 e. The van der Waals surface area contributed by atoms with Crippen molar-refractivity contribution in [2.24, 2.45) is 0 Å². The lowest BCUT2D eigenvalue weighted by Crippen LogP contribution is -2.55. The normalized spacial score (nSPS) is 12.9. The molecule has 2 aromatic carbocycles. The highest BCUT2D eigenvalue weighted by Gasteiger charge is 2.45. The number of para-hydroxylation sites is 1. The first-order valence-electron chi connectivity index (χ1n) is 13.0. The molecule has 4 atom stereocenters. The van der Waals surface area contributed by atoms with Gasteiger partial charge in [-0.15, -0.1) is 50.6 Å². The fraction of sp³-hybridized carbons (Fsp3) is 0.435. The quantitative estimate of drug-likeness (QED) is 0.146. The molecule has 0 saturated carbocycles. The summed E-state index contributed by atoms with van der Waals surface area (Å²) in [6, 6.07) is 9.66. The lowest BCUT2D eigenvalue weighted by Gasteiger charge is -2.33. The number of rotatable bonds is 20. The zero-order valence-corrected chi connectivity index (χ0v) is 26.1. The van der Waals surface area contributed by atoms with Crippen molar-refractivity contribution in [1.82, 2.24) is 4.90 Å². The van der Waals surface area contributed by atoms with Gasteiger partial charge in [0.05, 0.1) is 17.1 Å². The molecule has 0 radical (unpaired) electrons. The van der Waals surface area contributed by atoms with Crippen LogP contribution >= 0.6 is 11.6 Å². The van der Waals surface area contributed by atoms with E-state index >= 15 is 0 Å². The molecule has 0 aliphatic carbocycles. The molecule has 2 aromatic rings. The SMILES string of the molecule is CN(C)C[C@H](O[N+](=O)[O-])[C@@H](O[N+](=O)[O-])[C@H](O[N+](=O)[O-])[C@@H](CO[N+](=O)[O-])O[N+](=O)[O-].Cc1ccc(Nc2c(F)cccc2Cl)c(CC(=O)O)c1. The number of aliphatic carboxylic acids is 1. The summed E-state index contributed by atoms with van der Waals surface area (Å²) >= 11 is 5.95. The molecule has 0 bridgehead atoms. The van der Waals surface area contributed by atoms with Crippen molar-refractivity contribution in [3.05, 3.63) is 109 Å². The van der Waals surface area contributed by atoms with Crippen LogP contribution in [0.15, 0.2) is 36.4 Å². The number of likely N-dealkylation sites (N-methyl/N-ethyl adjacent to an activating group) is 1. The molecule has 0 aliphatic rings. The Labute approximate surface area is 277 Å². The molecule has 0 amide bonds. The molecule has 0 saturated heterocycles. The van der Waals surface area contributed by atoms with E-state index in [1.54, 1.807) is 18.2 Å². The molecule has 49 heavy (non-hydrogen) atoms. The zero-order valence-electron chi connectivity index (χ0n) is 25.3. The predicted molar refractivity (Wildman–Crippen MR) is 156 cm³/mol. The molecular weight excluding hydrogens is 701 g/mol. The Morgan fingerprint density at radius 3 is 1.88 bits per heavy atom. The number of carbonyl (C=O) groups is 1. The average molecular weight is 728 g/mol. The minimum atomic E-state index is -2.51. The number of nitrogens with one attached hydrogen (secondary N) is 1. The van der Waals surface area contributed by atoms with Crippen LogP contribution in [0.1, 0.15) is 11.1 Å². The highest BCUT2D eigenvalue weighted by molar-refractivity contribution is 6.33. The molecule has 2 rings (SSSR count). The van der Waals surface area contributed by atoms with E-state index in [2.05, 4.69) is 29.5 Å². The molecule has 270 valence electrons. The highest BCUT2D eigenvalue weighted by Crippen LogP contribution is 2.30. The van der Waals surface area contributed by atoms with Crippen molar-refractivity contribution < 1.29 is 63.9 Å². The van der Waals surface area contributed by atoms with Gasteiger partial charge in [0.1, 0.15) is 18.5 Å². The Morgan fingerprint density at radius 1 is 0.878 bits per heavy atom. The van der Waals surface area contributed by atoms with E-state index in [-0.39, 0.29) is 17.1 Å². The first-order valence-corrected chi connectivity index (χ1v) is 13.4. The number of nitrogens with zero attached hydrogens (tertiary/aromatic N) is 6. The first-order chi connectivity index (χ1) is 22.8. The smallest absolute Gasteiger partial charge is 0.307 e. The van der Waals surface area contributed by atoms with Gasteiger partial charge in [-0.1, -0.05) is 35.4 Å². The average Bonchev–Trinajstić information content (AvgIpc) is 2.94. The third-order valence-corrected chi connectivity index (χ3v) is 5.94. The van der Waals surface area contributed by atoms with Gasteiger partial charge in [0, 0.05) is 12.2 Å². The number of carboxylic acids is 1. The molecule has 2 N–H and O–H groups in total. The van der Waals surface area contributed by atoms with Crippen molar-refractivity contribution in [1.29, 1.82) is 0 Å². The third-order valence-electron chi connectivity index (χ3n) is 5.63. The van der Waals surface area contributed by atoms with E-state index < -0.39 is 74.8 Å². The van der Waals surface area contributed by atoms with Crippen molar-refractivity contribution >= 4 is 28.9 Å². The summed E-state index contributed by atoms with van der Waals surface area (Å²) in [5.41, 5.74) is 2.19. The number of hydrogen-bond donors (Lipinski definition) is 2. The van der Waals surface area contributed by atoms with Gasteiger partial charge < -0.3 is 39.5 Å². The molecule has 24 nitrogen and oxygen atoms in total. The lowest BCUT2D eigenvalue weighted by atomic mass is 10.0. The minimum absolute atomic E-state index is 0.143. The van der Waals surface area contributed by atoms with Crippen LogP contribution in [0.5, 0.6) is 0 Å². The van der Waals surface area contributed by atoms with Crippen molar-refractivity contribution in [3.63, 3.8) is 0 Å². The fourth-order valence-corrected chi connectivity index (χ4v) is 4.09. The van der Waals surface area contributed by atoms with E-state index in [4.69, 9.17) is 16.7 Å². The summed E-state index contributed by atoms with van der Waals surface area (Å²) in [6.45, 7) is -0.0687. The molecule has 0 heterocycles. The maximum Gasteiger partial charge on any atom is 0.307 e. The monoisotopic (exact) mass is 727 g/mol. The summed E-state index contributed by atoms with van der Waals surface area (Å²) in [5, 5.41) is 57.7. The number of benzene rings is 2. The second-order valence-electron chi connectivity index (χ2n) is 9.56. The number of carboxylic acid groups (broad SMARTS) is 1. The van der Waals surface area contributed by atoms with Crippen LogP contribution in [0.25, 0.3) is 0 Å². The number of hydrogen-bond acceptors (Lipinski definition) is 18. The van der Waals surface area contributed by atoms with Gasteiger partial charge in [0.15, 0.2) is 18.3 Å². The first kappa shape index (κ1) is 40.9. The second kappa shape index (κ2) is 19.5. The topological polar surface area (TPSA) is 314 Å². The van der Waals surface area contributed by atoms with Crippen LogP contribution in [0.4, 0.5) is 15.8 Å². The Balaban J connectivity index is 0.000000520. The van der Waals surface area contributed by atoms with Crippen molar-refractivity contribution in [2.75, 3.05) is 32.6 Å². The van der Waals surface area contributed by atoms with Crippen molar-refractivity contribution in [2.45, 2.75) is 37.8 Å². The van der Waals surface area contributed by atoms with Crippen LogP contribution in [-0.4, -0.2) is 93.1 Å². The molecule has 0 aromatic heterocycles. The Morgan fingerprint density at radius 2 is 1.41 bits per heavy atom. The Bertz CT molecular complexity index is 1480. The van der Waals surface area contributed by atoms with Gasteiger partial charge in [0.25, 0.3) is 25.4 Å². The van der Waals surface area contributed by atoms with Gasteiger partial charge in [-0.05, 0) is 44.8 Å². The van der Waals surface area contributed by atoms with Crippen LogP contribution in [0, 0.1) is 63.3 Å². The molecule has 0 aliphatic heterocycles. The standard InChI is InChI=1S/C15H13ClFNO2.C8H14N6O15/c1-9-5-6-13(10(7-9)8-14(19)20)18-15-11(16)3-2-4-12(15)17;1-9(2)3-5(26-11(17)18)7(28-13(21)22)8(29-14(23)24)6(27-12(19)20)4-25-10(15)16/h2-7,18H,8H2,1H3,(H,19,20);5-8H,3-4H2,1-2H3/t;5-,6+,7+,8+/m.0/s1. The van der Waals surface area contributed by atoms with Crippen LogP contribution in [-0.2, 0) is 35.4 Å². The molecule has 0 spiro atoms. The van der Waals surface area contributed by atoms with Gasteiger partial charge >= 0.3 is 5.97 Å². The summed E-state index contributed by atoms with van der Waals surface area (Å²) < 4.78 is 13.7. The molecule has 0 unspecified atom stereocenters. The number of aryl methyl sites for hydroxylation is 1. The number of anilines is 2. The maximum absolute atomic E-state index is 13.7. The highest BCUT2D eigenvalue weighted by atomic mass is 35.5. The molecule has 26 heteroatoms. The van der Waals surface area contributed by atoms with Gasteiger partial charge in [-0.2, -0.15) is 0 Å². The Kier molecular flexibility index (Phi) is 16.3. The summed E-state index contributed by atoms with van der Waals surface area (Å²) in [7, 11) is 2.65. The summed E-state index contributed by atoms with van der Waals surface area (Å²) in [4.78, 5) is 85.6. The van der Waals surface area contributed by atoms with Crippen LogP contribution in [0.3, 0.4) is 0 Å². The Hall–Kier alpha value is -6.11. The van der Waals surface area contributed by atoms with E-state index in [1.165, 1.54) is 31.1 Å². The van der Waals surface area contributed by atoms with Gasteiger partial charge in [0.2, 0.25) is 0 Å². The lowest BCUT2D eigenvalue weighted by molar-refractivity contribution is -0.831. The fourth-order valence-electron chi connectivity index (χ4n) is 3.88. The van der Waals surface area contributed by atoms with E-state index in [0.29, 0.717) is 11.3 Å².